The van der Waals surface area contributed by atoms with Crippen molar-refractivity contribution < 1.29 is 14.7 Å². The normalized spacial score (nSPS) is 11.8. The van der Waals surface area contributed by atoms with Crippen LogP contribution < -0.4 is 5.32 Å². The fraction of sp³-hybridized carbons (Fsp3) is 0. The second-order valence-electron chi connectivity index (χ2n) is 5.57. The summed E-state index contributed by atoms with van der Waals surface area (Å²) >= 11 is 0. The minimum Gasteiger partial charge on any atom is -0.506 e. The first-order chi connectivity index (χ1) is 11.7. The van der Waals surface area contributed by atoms with Crippen molar-refractivity contribution in [2.24, 2.45) is 0 Å². The number of benzene rings is 3. The van der Waals surface area contributed by atoms with Crippen molar-refractivity contribution >= 4 is 17.4 Å². The van der Waals surface area contributed by atoms with Crippen molar-refractivity contribution in [1.82, 2.24) is 0 Å². The van der Waals surface area contributed by atoms with E-state index in [9.17, 15) is 14.7 Å². The molecule has 0 spiro atoms. The number of phenols is 1. The van der Waals surface area contributed by atoms with Gasteiger partial charge in [-0.3, -0.25) is 9.59 Å². The third-order valence-corrected chi connectivity index (χ3v) is 4.15. The number of amides is 1. The van der Waals surface area contributed by atoms with Crippen LogP contribution in [0.15, 0.2) is 66.7 Å². The van der Waals surface area contributed by atoms with Crippen molar-refractivity contribution in [3.05, 3.63) is 83.4 Å². The van der Waals surface area contributed by atoms with Crippen LogP contribution in [-0.4, -0.2) is 16.8 Å². The molecule has 0 heterocycles. The van der Waals surface area contributed by atoms with Crippen LogP contribution in [0.1, 0.15) is 26.3 Å². The van der Waals surface area contributed by atoms with E-state index in [2.05, 4.69) is 5.32 Å². The number of hydrogen-bond donors (Lipinski definition) is 2. The molecular weight excluding hydrogens is 302 g/mol. The predicted molar refractivity (Wildman–Crippen MR) is 91.4 cm³/mol. The minimum absolute atomic E-state index is 0.00472. The number of carbonyl (C=O) groups excluding carboxylic acids is 2. The summed E-state index contributed by atoms with van der Waals surface area (Å²) in [6, 6.07) is 18.9. The SMILES string of the molecule is O=C(Nc1ccccc1O)c1cccc2c1-c1ccccc1C2=O. The molecule has 3 aromatic carbocycles. The van der Waals surface area contributed by atoms with Crippen molar-refractivity contribution in [2.75, 3.05) is 5.32 Å². The number of fused-ring (bicyclic) bond motifs is 3. The van der Waals surface area contributed by atoms with Gasteiger partial charge in [0.1, 0.15) is 5.75 Å². The summed E-state index contributed by atoms with van der Waals surface area (Å²) in [5, 5.41) is 12.5. The minimum atomic E-state index is -0.363. The number of nitrogens with one attached hydrogen (secondary N) is 1. The van der Waals surface area contributed by atoms with Gasteiger partial charge in [-0.25, -0.2) is 0 Å². The van der Waals surface area contributed by atoms with Crippen LogP contribution in [0.25, 0.3) is 11.1 Å². The molecule has 0 radical (unpaired) electrons. The van der Waals surface area contributed by atoms with Crippen LogP contribution in [-0.2, 0) is 0 Å². The Morgan fingerprint density at radius 3 is 2.25 bits per heavy atom. The molecule has 116 valence electrons. The lowest BCUT2D eigenvalue weighted by molar-refractivity contribution is 0.102. The fourth-order valence-corrected chi connectivity index (χ4v) is 3.03. The summed E-state index contributed by atoms with van der Waals surface area (Å²) in [5.41, 5.74) is 3.29. The Bertz CT molecular complexity index is 992. The summed E-state index contributed by atoms with van der Waals surface area (Å²) < 4.78 is 0. The van der Waals surface area contributed by atoms with Gasteiger partial charge >= 0.3 is 0 Å². The molecule has 24 heavy (non-hydrogen) atoms. The van der Waals surface area contributed by atoms with Gasteiger partial charge in [0.15, 0.2) is 5.78 Å². The van der Waals surface area contributed by atoms with E-state index in [0.717, 1.165) is 5.56 Å². The molecule has 0 saturated heterocycles. The molecule has 0 atom stereocenters. The number of anilines is 1. The van der Waals surface area contributed by atoms with Crippen LogP contribution in [0, 0.1) is 0 Å². The monoisotopic (exact) mass is 315 g/mol. The quantitative estimate of drug-likeness (QED) is 0.552. The van der Waals surface area contributed by atoms with Gasteiger partial charge < -0.3 is 10.4 Å². The Labute approximate surface area is 138 Å². The first-order valence-corrected chi connectivity index (χ1v) is 7.53. The third-order valence-electron chi connectivity index (χ3n) is 4.15. The standard InChI is InChI=1S/C20H13NO3/c22-17-11-4-3-10-16(17)21-20(24)15-9-5-8-14-18(15)12-6-1-2-7-13(12)19(14)23/h1-11,22H,(H,21,24). The maximum absolute atomic E-state index is 12.7. The Morgan fingerprint density at radius 1 is 0.792 bits per heavy atom. The van der Waals surface area contributed by atoms with Crippen LogP contribution >= 0.6 is 0 Å². The second-order valence-corrected chi connectivity index (χ2v) is 5.57. The fourth-order valence-electron chi connectivity index (χ4n) is 3.03. The van der Waals surface area contributed by atoms with E-state index >= 15 is 0 Å². The highest BCUT2D eigenvalue weighted by molar-refractivity contribution is 6.25. The summed E-state index contributed by atoms with van der Waals surface area (Å²) in [7, 11) is 0. The van der Waals surface area contributed by atoms with Crippen molar-refractivity contribution in [1.29, 1.82) is 0 Å². The first-order valence-electron chi connectivity index (χ1n) is 7.53. The van der Waals surface area contributed by atoms with E-state index in [4.69, 9.17) is 0 Å². The molecule has 1 aliphatic rings. The number of para-hydroxylation sites is 2. The maximum atomic E-state index is 12.7. The Balaban J connectivity index is 1.81. The molecule has 0 bridgehead atoms. The molecule has 1 aliphatic carbocycles. The molecule has 0 fully saturated rings. The highest BCUT2D eigenvalue weighted by atomic mass is 16.3. The molecule has 0 aliphatic heterocycles. The van der Waals surface area contributed by atoms with Gasteiger partial charge in [0.25, 0.3) is 5.91 Å². The molecule has 0 saturated carbocycles. The molecule has 2 N–H and O–H groups in total. The van der Waals surface area contributed by atoms with Crippen LogP contribution in [0.4, 0.5) is 5.69 Å². The summed E-state index contributed by atoms with van der Waals surface area (Å²) in [6.07, 6.45) is 0. The number of aromatic hydroxyl groups is 1. The van der Waals surface area contributed by atoms with E-state index in [-0.39, 0.29) is 17.4 Å². The van der Waals surface area contributed by atoms with E-state index in [1.807, 2.05) is 18.2 Å². The summed E-state index contributed by atoms with van der Waals surface area (Å²) in [4.78, 5) is 25.2. The molecule has 0 aromatic heterocycles. The molecule has 3 aromatic rings. The molecular formula is C20H13NO3. The third kappa shape index (κ3) is 2.08. The largest absolute Gasteiger partial charge is 0.506 e. The van der Waals surface area contributed by atoms with Gasteiger partial charge in [-0.05, 0) is 23.8 Å². The van der Waals surface area contributed by atoms with E-state index in [1.54, 1.807) is 42.5 Å². The maximum Gasteiger partial charge on any atom is 0.256 e. The average molecular weight is 315 g/mol. The van der Waals surface area contributed by atoms with Gasteiger partial charge in [-0.2, -0.15) is 0 Å². The van der Waals surface area contributed by atoms with E-state index in [1.165, 1.54) is 6.07 Å². The number of carbonyl (C=O) groups is 2. The lowest BCUT2D eigenvalue weighted by Crippen LogP contribution is -2.13. The lowest BCUT2D eigenvalue weighted by Gasteiger charge is -2.10. The van der Waals surface area contributed by atoms with Gasteiger partial charge in [-0.1, -0.05) is 48.5 Å². The van der Waals surface area contributed by atoms with Gasteiger partial charge in [0, 0.05) is 22.3 Å². The Kier molecular flexibility index (Phi) is 3.17. The van der Waals surface area contributed by atoms with Gasteiger partial charge in [0.05, 0.1) is 5.69 Å². The number of phenolic OH excluding ortho intramolecular Hbond substituents is 1. The molecule has 1 amide bonds. The smallest absolute Gasteiger partial charge is 0.256 e. The van der Waals surface area contributed by atoms with Crippen molar-refractivity contribution in [2.45, 2.75) is 0 Å². The van der Waals surface area contributed by atoms with Crippen LogP contribution in [0.5, 0.6) is 5.75 Å². The number of ketones is 1. The molecule has 4 nitrogen and oxygen atoms in total. The van der Waals surface area contributed by atoms with Crippen LogP contribution in [0.2, 0.25) is 0 Å². The number of rotatable bonds is 2. The number of hydrogen-bond acceptors (Lipinski definition) is 3. The molecule has 4 rings (SSSR count). The van der Waals surface area contributed by atoms with E-state index < -0.39 is 0 Å². The van der Waals surface area contributed by atoms with Gasteiger partial charge in [0.2, 0.25) is 0 Å². The van der Waals surface area contributed by atoms with Crippen LogP contribution in [0.3, 0.4) is 0 Å². The Hall–Kier alpha value is -3.40. The Morgan fingerprint density at radius 2 is 1.46 bits per heavy atom. The lowest BCUT2D eigenvalue weighted by atomic mass is 9.99. The zero-order chi connectivity index (χ0) is 16.7. The zero-order valence-electron chi connectivity index (χ0n) is 12.6. The molecule has 4 heteroatoms. The summed E-state index contributed by atoms with van der Waals surface area (Å²) in [6.45, 7) is 0. The van der Waals surface area contributed by atoms with E-state index in [0.29, 0.717) is 27.9 Å². The second kappa shape index (κ2) is 5.35. The van der Waals surface area contributed by atoms with Gasteiger partial charge in [-0.15, -0.1) is 0 Å². The highest BCUT2D eigenvalue weighted by Crippen LogP contribution is 2.39. The zero-order valence-corrected chi connectivity index (χ0v) is 12.6. The summed E-state index contributed by atoms with van der Waals surface area (Å²) in [5.74, 6) is -0.439. The van der Waals surface area contributed by atoms with Crippen molar-refractivity contribution in [3.8, 4) is 16.9 Å². The predicted octanol–water partition coefficient (Wildman–Crippen LogP) is 3.86. The molecule has 0 unspecified atom stereocenters. The first kappa shape index (κ1) is 14.2. The highest BCUT2D eigenvalue weighted by Gasteiger charge is 2.30. The average Bonchev–Trinajstić information content (AvgIpc) is 2.90. The van der Waals surface area contributed by atoms with Crippen molar-refractivity contribution in [3.63, 3.8) is 0 Å². The topological polar surface area (TPSA) is 66.4 Å².